The third kappa shape index (κ3) is 4.12. The van der Waals surface area contributed by atoms with Gasteiger partial charge in [0.05, 0.1) is 6.20 Å². The average Bonchev–Trinajstić information content (AvgIpc) is 3.13. The molecule has 2 aromatic rings. The fourth-order valence-electron chi connectivity index (χ4n) is 2.89. The molecule has 1 aliphatic heterocycles. The lowest BCUT2D eigenvalue weighted by molar-refractivity contribution is 0.619. The van der Waals surface area contributed by atoms with Gasteiger partial charge in [-0.2, -0.15) is 5.10 Å². The number of anilines is 1. The molecule has 23 heavy (non-hydrogen) atoms. The number of likely N-dealkylation sites (N-methyl/N-ethyl adjacent to an activating group) is 1. The summed E-state index contributed by atoms with van der Waals surface area (Å²) < 4.78 is 16.1. The Morgan fingerprint density at radius 1 is 1.13 bits per heavy atom. The summed E-state index contributed by atoms with van der Waals surface area (Å²) in [5.41, 5.74) is 3.32. The Balaban J connectivity index is 0.000000277. The van der Waals surface area contributed by atoms with Gasteiger partial charge in [0.1, 0.15) is 5.82 Å². The standard InChI is InChI=1S/C13H14FN3.C6H14/c1-16-6-5-11-12(16)4-3-10(13(11)14)9-7-15-17(2)8-9;1-3-5-6-4-2/h3-4,7-8H,5-6H2,1-2H3;3-6H2,1-2H3. The van der Waals surface area contributed by atoms with E-state index in [1.807, 2.05) is 32.4 Å². The molecule has 0 saturated carbocycles. The van der Waals surface area contributed by atoms with Crippen molar-refractivity contribution in [3.05, 3.63) is 35.9 Å². The zero-order valence-electron chi connectivity index (χ0n) is 14.8. The number of aryl methyl sites for hydroxylation is 1. The summed E-state index contributed by atoms with van der Waals surface area (Å²) in [5, 5.41) is 4.08. The molecule has 0 spiro atoms. The molecule has 1 aromatic heterocycles. The van der Waals surface area contributed by atoms with E-state index in [1.165, 1.54) is 25.7 Å². The number of unbranched alkanes of at least 4 members (excludes halogenated alkanes) is 3. The first-order valence-corrected chi connectivity index (χ1v) is 8.60. The van der Waals surface area contributed by atoms with Crippen LogP contribution in [-0.2, 0) is 13.5 Å². The molecule has 0 amide bonds. The Labute approximate surface area is 139 Å². The summed E-state index contributed by atoms with van der Waals surface area (Å²) in [7, 11) is 3.83. The zero-order chi connectivity index (χ0) is 16.8. The van der Waals surface area contributed by atoms with Gasteiger partial charge in [-0.05, 0) is 18.6 Å². The van der Waals surface area contributed by atoms with Gasteiger partial charge in [-0.15, -0.1) is 0 Å². The summed E-state index contributed by atoms with van der Waals surface area (Å²) in [6.07, 6.45) is 9.85. The van der Waals surface area contributed by atoms with Gasteiger partial charge < -0.3 is 4.90 Å². The molecule has 0 N–H and O–H groups in total. The Kier molecular flexibility index (Phi) is 6.20. The van der Waals surface area contributed by atoms with Crippen molar-refractivity contribution >= 4 is 5.69 Å². The zero-order valence-corrected chi connectivity index (χ0v) is 14.8. The van der Waals surface area contributed by atoms with E-state index in [1.54, 1.807) is 10.9 Å². The van der Waals surface area contributed by atoms with Crippen LogP contribution in [0.4, 0.5) is 10.1 Å². The molecular formula is C19H28FN3. The molecule has 0 atom stereocenters. The fourth-order valence-corrected chi connectivity index (χ4v) is 2.89. The van der Waals surface area contributed by atoms with Gasteiger partial charge in [0.15, 0.2) is 0 Å². The number of aromatic nitrogens is 2. The largest absolute Gasteiger partial charge is 0.374 e. The van der Waals surface area contributed by atoms with Crippen LogP contribution in [0.3, 0.4) is 0 Å². The highest BCUT2D eigenvalue weighted by Gasteiger charge is 2.22. The normalized spacial score (nSPS) is 12.8. The molecule has 0 fully saturated rings. The van der Waals surface area contributed by atoms with E-state index in [4.69, 9.17) is 0 Å². The van der Waals surface area contributed by atoms with E-state index in [0.717, 1.165) is 29.8 Å². The Morgan fingerprint density at radius 3 is 2.39 bits per heavy atom. The number of hydrogen-bond acceptors (Lipinski definition) is 2. The second-order valence-corrected chi connectivity index (χ2v) is 6.21. The Bertz CT molecular complexity index is 630. The molecular weight excluding hydrogens is 289 g/mol. The van der Waals surface area contributed by atoms with Crippen LogP contribution in [0.15, 0.2) is 24.5 Å². The number of hydrogen-bond donors (Lipinski definition) is 0. The predicted octanol–water partition coefficient (Wildman–Crippen LogP) is 4.81. The van der Waals surface area contributed by atoms with E-state index in [2.05, 4.69) is 23.8 Å². The number of halogens is 1. The van der Waals surface area contributed by atoms with Crippen LogP contribution >= 0.6 is 0 Å². The second kappa shape index (κ2) is 8.14. The number of nitrogens with zero attached hydrogens (tertiary/aromatic N) is 3. The van der Waals surface area contributed by atoms with Gasteiger partial charge in [0.2, 0.25) is 0 Å². The quantitative estimate of drug-likeness (QED) is 0.755. The highest BCUT2D eigenvalue weighted by Crippen LogP contribution is 2.34. The summed E-state index contributed by atoms with van der Waals surface area (Å²) in [4.78, 5) is 2.09. The molecule has 0 unspecified atom stereocenters. The molecule has 0 radical (unpaired) electrons. The monoisotopic (exact) mass is 317 g/mol. The van der Waals surface area contributed by atoms with Crippen LogP contribution in [-0.4, -0.2) is 23.4 Å². The van der Waals surface area contributed by atoms with Crippen LogP contribution < -0.4 is 4.90 Å². The summed E-state index contributed by atoms with van der Waals surface area (Å²) in [6, 6.07) is 3.83. The topological polar surface area (TPSA) is 21.1 Å². The maximum absolute atomic E-state index is 14.4. The van der Waals surface area contributed by atoms with Crippen molar-refractivity contribution in [2.24, 2.45) is 7.05 Å². The van der Waals surface area contributed by atoms with Crippen LogP contribution in [0.2, 0.25) is 0 Å². The molecule has 0 aliphatic carbocycles. The SMILES string of the molecule is CCCCCC.CN1CCc2c1ccc(-c1cnn(C)c1)c2F. The van der Waals surface area contributed by atoms with E-state index in [-0.39, 0.29) is 5.82 Å². The minimum absolute atomic E-state index is 0.0974. The van der Waals surface area contributed by atoms with E-state index in [9.17, 15) is 4.39 Å². The number of benzene rings is 1. The van der Waals surface area contributed by atoms with Gasteiger partial charge in [-0.25, -0.2) is 4.39 Å². The Morgan fingerprint density at radius 2 is 1.83 bits per heavy atom. The minimum atomic E-state index is -0.0974. The van der Waals surface area contributed by atoms with Gasteiger partial charge >= 0.3 is 0 Å². The van der Waals surface area contributed by atoms with Gasteiger partial charge in [-0.1, -0.05) is 39.5 Å². The molecule has 0 saturated heterocycles. The van der Waals surface area contributed by atoms with Crippen LogP contribution in [0.5, 0.6) is 0 Å². The first kappa shape index (κ1) is 17.5. The predicted molar refractivity (Wildman–Crippen MR) is 95.4 cm³/mol. The molecule has 3 rings (SSSR count). The average molecular weight is 317 g/mol. The van der Waals surface area contributed by atoms with Crippen molar-refractivity contribution in [2.45, 2.75) is 46.0 Å². The third-order valence-electron chi connectivity index (χ3n) is 4.30. The van der Waals surface area contributed by atoms with Gasteiger partial charge in [0, 0.05) is 49.2 Å². The Hall–Kier alpha value is -1.84. The lowest BCUT2D eigenvalue weighted by atomic mass is 10.0. The lowest BCUT2D eigenvalue weighted by Gasteiger charge is -2.12. The summed E-state index contributed by atoms with van der Waals surface area (Å²) in [6.45, 7) is 5.36. The van der Waals surface area contributed by atoms with Crippen molar-refractivity contribution in [3.8, 4) is 11.1 Å². The smallest absolute Gasteiger partial charge is 0.136 e. The highest BCUT2D eigenvalue weighted by atomic mass is 19.1. The van der Waals surface area contributed by atoms with Gasteiger partial charge in [0.25, 0.3) is 0 Å². The van der Waals surface area contributed by atoms with Crippen LogP contribution in [0, 0.1) is 5.82 Å². The molecule has 1 aliphatic rings. The van der Waals surface area contributed by atoms with Crippen LogP contribution in [0.1, 0.15) is 45.1 Å². The molecule has 0 bridgehead atoms. The van der Waals surface area contributed by atoms with Crippen molar-refractivity contribution in [1.29, 1.82) is 0 Å². The fraction of sp³-hybridized carbons (Fsp3) is 0.526. The number of rotatable bonds is 4. The van der Waals surface area contributed by atoms with E-state index < -0.39 is 0 Å². The molecule has 4 heteroatoms. The molecule has 2 heterocycles. The van der Waals surface area contributed by atoms with E-state index in [0.29, 0.717) is 5.56 Å². The first-order chi connectivity index (χ1) is 11.1. The first-order valence-electron chi connectivity index (χ1n) is 8.60. The van der Waals surface area contributed by atoms with E-state index >= 15 is 0 Å². The third-order valence-corrected chi connectivity index (χ3v) is 4.30. The van der Waals surface area contributed by atoms with Crippen molar-refractivity contribution in [3.63, 3.8) is 0 Å². The summed E-state index contributed by atoms with van der Waals surface area (Å²) in [5.74, 6) is -0.0974. The number of fused-ring (bicyclic) bond motifs is 1. The second-order valence-electron chi connectivity index (χ2n) is 6.21. The maximum atomic E-state index is 14.4. The van der Waals surface area contributed by atoms with Crippen molar-refractivity contribution < 1.29 is 4.39 Å². The van der Waals surface area contributed by atoms with Gasteiger partial charge in [-0.3, -0.25) is 4.68 Å². The lowest BCUT2D eigenvalue weighted by Crippen LogP contribution is -2.12. The molecule has 3 nitrogen and oxygen atoms in total. The summed E-state index contributed by atoms with van der Waals surface area (Å²) >= 11 is 0. The van der Waals surface area contributed by atoms with Crippen molar-refractivity contribution in [1.82, 2.24) is 9.78 Å². The molecule has 126 valence electrons. The maximum Gasteiger partial charge on any atom is 0.136 e. The highest BCUT2D eigenvalue weighted by molar-refractivity contribution is 5.70. The van der Waals surface area contributed by atoms with Crippen LogP contribution in [0.25, 0.3) is 11.1 Å². The van der Waals surface area contributed by atoms with Crippen molar-refractivity contribution in [2.75, 3.05) is 18.5 Å². The molecule has 1 aromatic carbocycles. The minimum Gasteiger partial charge on any atom is -0.374 e.